The number of nitrogens with one attached hydrogen (secondary N) is 3. The van der Waals surface area contributed by atoms with Crippen molar-refractivity contribution in [3.63, 3.8) is 0 Å². The number of rotatable bonds is 11. The molecule has 4 N–H and O–H groups in total. The van der Waals surface area contributed by atoms with Crippen LogP contribution in [0.1, 0.15) is 45.7 Å². The molecule has 1 aromatic carbocycles. The molecule has 1 aliphatic heterocycles. The zero-order chi connectivity index (χ0) is 26.9. The van der Waals surface area contributed by atoms with E-state index in [0.717, 1.165) is 0 Å². The van der Waals surface area contributed by atoms with Gasteiger partial charge in [0.05, 0.1) is 24.4 Å². The zero-order valence-electron chi connectivity index (χ0n) is 20.9. The van der Waals surface area contributed by atoms with Gasteiger partial charge >= 0.3 is 0 Å². The number of Topliss-reactive ketones (excluding diaryl/α,β-unsaturated/α-hetero) is 1. The number of ketones is 1. The number of amides is 4. The van der Waals surface area contributed by atoms with Crippen LogP contribution in [-0.4, -0.2) is 46.2 Å². The standard InChI is InChI=1S/C27H33N3O6/c1-5-6-7-8-12-15-21(31)28-20(19-13-10-9-11-14-19)16-22(32)29-23(17(2)3)24(33)27(36)18(4)25(34)30-26(27)35/h5-15,17-18,20,23,36H,16H2,1-4H3,(H,28,31)(H,29,32)(H,30,34,35)/b6-5+,8-7+,15-12+/t18-,20+,23+,27+/m1/s1. The second-order valence-electron chi connectivity index (χ2n) is 8.91. The van der Waals surface area contributed by atoms with Crippen LogP contribution in [0.15, 0.2) is 66.8 Å². The van der Waals surface area contributed by atoms with Gasteiger partial charge in [-0.25, -0.2) is 0 Å². The molecule has 1 aliphatic rings. The van der Waals surface area contributed by atoms with E-state index in [1.807, 2.05) is 24.4 Å². The van der Waals surface area contributed by atoms with Gasteiger partial charge in [-0.1, -0.05) is 74.6 Å². The van der Waals surface area contributed by atoms with Crippen molar-refractivity contribution in [1.82, 2.24) is 16.0 Å². The Hall–Kier alpha value is -3.85. The average molecular weight is 496 g/mol. The third-order valence-corrected chi connectivity index (χ3v) is 5.93. The molecule has 0 radical (unpaired) electrons. The van der Waals surface area contributed by atoms with Gasteiger partial charge in [0.15, 0.2) is 5.78 Å². The molecule has 1 fully saturated rings. The summed E-state index contributed by atoms with van der Waals surface area (Å²) in [6.45, 7) is 6.44. The Morgan fingerprint density at radius 3 is 2.25 bits per heavy atom. The smallest absolute Gasteiger partial charge is 0.267 e. The van der Waals surface area contributed by atoms with Gasteiger partial charge in [0, 0.05) is 6.08 Å². The summed E-state index contributed by atoms with van der Waals surface area (Å²) in [5.41, 5.74) is -1.89. The highest BCUT2D eigenvalue weighted by molar-refractivity contribution is 6.22. The van der Waals surface area contributed by atoms with Gasteiger partial charge in [0.1, 0.15) is 0 Å². The summed E-state index contributed by atoms with van der Waals surface area (Å²) in [7, 11) is 0. The van der Waals surface area contributed by atoms with Gasteiger partial charge in [-0.15, -0.1) is 0 Å². The van der Waals surface area contributed by atoms with Crippen LogP contribution >= 0.6 is 0 Å². The van der Waals surface area contributed by atoms with Gasteiger partial charge in [0.25, 0.3) is 5.91 Å². The van der Waals surface area contributed by atoms with Crippen molar-refractivity contribution >= 4 is 29.4 Å². The van der Waals surface area contributed by atoms with E-state index in [1.165, 1.54) is 13.0 Å². The Labute approximate surface area is 210 Å². The van der Waals surface area contributed by atoms with Gasteiger partial charge in [-0.3, -0.25) is 29.3 Å². The van der Waals surface area contributed by atoms with E-state index in [2.05, 4.69) is 10.6 Å². The van der Waals surface area contributed by atoms with Gasteiger partial charge in [-0.2, -0.15) is 0 Å². The first-order chi connectivity index (χ1) is 17.0. The summed E-state index contributed by atoms with van der Waals surface area (Å²) in [6.07, 6.45) is 9.82. The Morgan fingerprint density at radius 2 is 1.69 bits per heavy atom. The quantitative estimate of drug-likeness (QED) is 0.159. The number of allylic oxidation sites excluding steroid dienone is 5. The highest BCUT2D eigenvalue weighted by Gasteiger charge is 2.59. The molecule has 4 amide bonds. The first-order valence-electron chi connectivity index (χ1n) is 11.7. The lowest BCUT2D eigenvalue weighted by Gasteiger charge is -2.30. The topological polar surface area (TPSA) is 142 Å². The number of benzene rings is 1. The van der Waals surface area contributed by atoms with E-state index >= 15 is 0 Å². The number of aliphatic hydroxyl groups is 1. The van der Waals surface area contributed by atoms with Crippen molar-refractivity contribution in [2.75, 3.05) is 0 Å². The minimum absolute atomic E-state index is 0.201. The third-order valence-electron chi connectivity index (χ3n) is 5.93. The molecule has 1 saturated heterocycles. The fourth-order valence-electron chi connectivity index (χ4n) is 3.76. The van der Waals surface area contributed by atoms with Crippen LogP contribution < -0.4 is 16.0 Å². The largest absolute Gasteiger partial charge is 0.372 e. The first-order valence-corrected chi connectivity index (χ1v) is 11.7. The molecule has 9 nitrogen and oxygen atoms in total. The molecule has 192 valence electrons. The lowest BCUT2D eigenvalue weighted by atomic mass is 9.80. The van der Waals surface area contributed by atoms with Crippen LogP contribution in [0.3, 0.4) is 0 Å². The van der Waals surface area contributed by atoms with E-state index in [1.54, 1.807) is 62.4 Å². The highest BCUT2D eigenvalue weighted by Crippen LogP contribution is 2.28. The van der Waals surface area contributed by atoms with Crippen LogP contribution in [0.4, 0.5) is 0 Å². The van der Waals surface area contributed by atoms with E-state index in [4.69, 9.17) is 0 Å². The minimum atomic E-state index is -2.57. The van der Waals surface area contributed by atoms with Crippen molar-refractivity contribution < 1.29 is 29.1 Å². The molecule has 4 atom stereocenters. The molecule has 0 aromatic heterocycles. The first kappa shape index (κ1) is 28.4. The maximum Gasteiger partial charge on any atom is 0.267 e. The third kappa shape index (κ3) is 6.85. The maximum absolute atomic E-state index is 13.2. The van der Waals surface area contributed by atoms with E-state index in [9.17, 15) is 29.1 Å². The number of imide groups is 1. The Bertz CT molecular complexity index is 1080. The lowest BCUT2D eigenvalue weighted by molar-refractivity contribution is -0.156. The SMILES string of the molecule is C/C=C/C=C/C=C/C(=O)N[C@@H](CC(=O)N[C@H](C(=O)[C@]1(O)C(=O)NC(=O)[C@H]1C)C(C)C)c1ccccc1. The maximum atomic E-state index is 13.2. The lowest BCUT2D eigenvalue weighted by Crippen LogP contribution is -2.59. The fourth-order valence-corrected chi connectivity index (χ4v) is 3.76. The van der Waals surface area contributed by atoms with E-state index in [0.29, 0.717) is 5.56 Å². The fraction of sp³-hybridized carbons (Fsp3) is 0.370. The minimum Gasteiger partial charge on any atom is -0.372 e. The summed E-state index contributed by atoms with van der Waals surface area (Å²) < 4.78 is 0. The van der Waals surface area contributed by atoms with Gasteiger partial charge in [0.2, 0.25) is 23.3 Å². The summed E-state index contributed by atoms with van der Waals surface area (Å²) in [5.74, 6) is -5.59. The van der Waals surface area contributed by atoms with Crippen LogP contribution in [0.25, 0.3) is 0 Å². The van der Waals surface area contributed by atoms with Crippen molar-refractivity contribution in [3.8, 4) is 0 Å². The molecule has 1 aromatic rings. The Balaban J connectivity index is 2.19. The van der Waals surface area contributed by atoms with Crippen LogP contribution in [0.5, 0.6) is 0 Å². The molecule has 0 aliphatic carbocycles. The van der Waals surface area contributed by atoms with Crippen LogP contribution in [0, 0.1) is 11.8 Å². The van der Waals surface area contributed by atoms with Gasteiger partial charge in [-0.05, 0) is 25.3 Å². The number of carbonyl (C=O) groups excluding carboxylic acids is 5. The van der Waals surface area contributed by atoms with Crippen molar-refractivity contribution in [2.24, 2.45) is 11.8 Å². The highest BCUT2D eigenvalue weighted by atomic mass is 16.3. The predicted molar refractivity (Wildman–Crippen MR) is 134 cm³/mol. The number of carbonyl (C=O) groups is 5. The molecule has 0 saturated carbocycles. The van der Waals surface area contributed by atoms with Crippen molar-refractivity contribution in [3.05, 3.63) is 72.4 Å². The molecule has 2 rings (SSSR count). The van der Waals surface area contributed by atoms with E-state index in [-0.39, 0.29) is 6.42 Å². The van der Waals surface area contributed by atoms with Crippen LogP contribution in [0.2, 0.25) is 0 Å². The number of hydrogen-bond donors (Lipinski definition) is 4. The second kappa shape index (κ2) is 12.7. The van der Waals surface area contributed by atoms with Crippen molar-refractivity contribution in [2.45, 2.75) is 51.8 Å². The summed E-state index contributed by atoms with van der Waals surface area (Å²) >= 11 is 0. The summed E-state index contributed by atoms with van der Waals surface area (Å²) in [5, 5.41) is 18.1. The zero-order valence-corrected chi connectivity index (χ0v) is 20.9. The monoisotopic (exact) mass is 495 g/mol. The molecule has 9 heteroatoms. The molecule has 0 unspecified atom stereocenters. The number of hydrogen-bond acceptors (Lipinski definition) is 6. The Morgan fingerprint density at radius 1 is 1.06 bits per heavy atom. The average Bonchev–Trinajstić information content (AvgIpc) is 3.04. The predicted octanol–water partition coefficient (Wildman–Crippen LogP) is 1.66. The summed E-state index contributed by atoms with van der Waals surface area (Å²) in [4.78, 5) is 62.7. The second-order valence-corrected chi connectivity index (χ2v) is 8.91. The van der Waals surface area contributed by atoms with Crippen molar-refractivity contribution in [1.29, 1.82) is 0 Å². The summed E-state index contributed by atoms with van der Waals surface area (Å²) in [6, 6.07) is 6.94. The molecule has 1 heterocycles. The van der Waals surface area contributed by atoms with Gasteiger partial charge < -0.3 is 15.7 Å². The molecular weight excluding hydrogens is 462 g/mol. The molecular formula is C27H33N3O6. The van der Waals surface area contributed by atoms with E-state index < -0.39 is 58.9 Å². The molecule has 0 spiro atoms. The molecule has 36 heavy (non-hydrogen) atoms. The Kier molecular flexibility index (Phi) is 10.0. The molecule has 0 bridgehead atoms. The normalized spacial score (nSPS) is 21.8. The van der Waals surface area contributed by atoms with Crippen LogP contribution in [-0.2, 0) is 24.0 Å².